The molecular formula is C22H23N5O. The molecule has 0 aliphatic heterocycles. The Balaban J connectivity index is 1.44. The number of hydrogen-bond acceptors (Lipinski definition) is 3. The number of carbonyl (C=O) groups is 1. The summed E-state index contributed by atoms with van der Waals surface area (Å²) in [4.78, 5) is 16.7. The first-order chi connectivity index (χ1) is 13.6. The highest BCUT2D eigenvalue weighted by atomic mass is 16.1. The maximum atomic E-state index is 12.6. The minimum atomic E-state index is -0.0136. The van der Waals surface area contributed by atoms with Crippen molar-refractivity contribution < 1.29 is 4.79 Å². The van der Waals surface area contributed by atoms with E-state index in [0.717, 1.165) is 11.3 Å². The third-order valence-electron chi connectivity index (χ3n) is 4.83. The number of amides is 1. The van der Waals surface area contributed by atoms with E-state index < -0.39 is 0 Å². The Morgan fingerprint density at radius 3 is 2.86 bits per heavy atom. The number of pyridine rings is 1. The molecule has 0 aliphatic rings. The highest BCUT2D eigenvalue weighted by Gasteiger charge is 2.12. The van der Waals surface area contributed by atoms with Gasteiger partial charge in [-0.1, -0.05) is 24.3 Å². The van der Waals surface area contributed by atoms with Crippen LogP contribution in [0.4, 0.5) is 5.82 Å². The summed E-state index contributed by atoms with van der Waals surface area (Å²) < 4.78 is 3.91. The van der Waals surface area contributed by atoms with Crippen molar-refractivity contribution >= 4 is 22.6 Å². The average Bonchev–Trinajstić information content (AvgIpc) is 3.20. The van der Waals surface area contributed by atoms with Crippen molar-refractivity contribution in [3.05, 3.63) is 77.9 Å². The summed E-state index contributed by atoms with van der Waals surface area (Å²) in [7, 11) is 2.03. The second kappa shape index (κ2) is 7.68. The van der Waals surface area contributed by atoms with Crippen LogP contribution in [0.2, 0.25) is 0 Å². The summed E-state index contributed by atoms with van der Waals surface area (Å²) in [5.41, 5.74) is 4.28. The molecule has 3 aromatic heterocycles. The lowest BCUT2D eigenvalue weighted by atomic mass is 10.1. The van der Waals surface area contributed by atoms with E-state index in [0.29, 0.717) is 25.2 Å². The maximum absolute atomic E-state index is 12.6. The molecule has 4 rings (SSSR count). The van der Waals surface area contributed by atoms with Crippen molar-refractivity contribution in [1.29, 1.82) is 0 Å². The molecule has 0 bridgehead atoms. The fourth-order valence-corrected chi connectivity index (χ4v) is 3.51. The van der Waals surface area contributed by atoms with Crippen LogP contribution in [-0.4, -0.2) is 25.2 Å². The monoisotopic (exact) mass is 373 g/mol. The van der Waals surface area contributed by atoms with E-state index in [9.17, 15) is 4.79 Å². The van der Waals surface area contributed by atoms with Crippen LogP contribution in [0.3, 0.4) is 0 Å². The summed E-state index contributed by atoms with van der Waals surface area (Å²) in [5, 5.41) is 8.71. The van der Waals surface area contributed by atoms with E-state index in [1.807, 2.05) is 55.2 Å². The van der Waals surface area contributed by atoms with E-state index in [1.54, 1.807) is 6.20 Å². The van der Waals surface area contributed by atoms with Crippen molar-refractivity contribution in [2.24, 2.45) is 7.05 Å². The molecule has 6 nitrogen and oxygen atoms in total. The quantitative estimate of drug-likeness (QED) is 0.560. The first kappa shape index (κ1) is 18.0. The zero-order valence-corrected chi connectivity index (χ0v) is 16.1. The predicted octanol–water partition coefficient (Wildman–Crippen LogP) is 3.70. The topological polar surface area (TPSA) is 64.7 Å². The predicted molar refractivity (Wildman–Crippen MR) is 110 cm³/mol. The molecule has 3 heterocycles. The van der Waals surface area contributed by atoms with Crippen LogP contribution in [0.1, 0.15) is 23.2 Å². The first-order valence-electron chi connectivity index (χ1n) is 9.36. The number of anilines is 1. The Morgan fingerprint density at radius 1 is 1.18 bits per heavy atom. The standard InChI is InChI=1S/C22H23N5O/c1-16-12-21(27(25-16)14-17-6-5-11-23-13-17)24-22(28)10-9-18-15-26(2)20-8-4-3-7-19(18)20/h3-8,11-13,15H,9-10,14H2,1-2H3,(H,24,28). The van der Waals surface area contributed by atoms with Crippen molar-refractivity contribution in [2.75, 3.05) is 5.32 Å². The van der Waals surface area contributed by atoms with Crippen LogP contribution in [0.15, 0.2) is 61.1 Å². The van der Waals surface area contributed by atoms with Crippen molar-refractivity contribution in [1.82, 2.24) is 19.3 Å². The van der Waals surface area contributed by atoms with Crippen LogP contribution in [0, 0.1) is 6.92 Å². The summed E-state index contributed by atoms with van der Waals surface area (Å²) in [6.07, 6.45) is 6.78. The van der Waals surface area contributed by atoms with E-state index >= 15 is 0 Å². The fourth-order valence-electron chi connectivity index (χ4n) is 3.51. The van der Waals surface area contributed by atoms with Crippen LogP contribution in [0.25, 0.3) is 10.9 Å². The summed E-state index contributed by atoms with van der Waals surface area (Å²) in [6.45, 7) is 2.49. The molecule has 0 saturated heterocycles. The van der Waals surface area contributed by atoms with Crippen LogP contribution < -0.4 is 5.32 Å². The number of aryl methyl sites for hydroxylation is 3. The van der Waals surface area contributed by atoms with Gasteiger partial charge in [-0.05, 0) is 36.6 Å². The van der Waals surface area contributed by atoms with E-state index in [-0.39, 0.29) is 5.91 Å². The Morgan fingerprint density at radius 2 is 2.04 bits per heavy atom. The molecule has 0 aliphatic carbocycles. The number of hydrogen-bond donors (Lipinski definition) is 1. The molecule has 4 aromatic rings. The zero-order chi connectivity index (χ0) is 19.5. The second-order valence-electron chi connectivity index (χ2n) is 7.02. The number of benzene rings is 1. The maximum Gasteiger partial charge on any atom is 0.225 e. The van der Waals surface area contributed by atoms with Gasteiger partial charge in [-0.2, -0.15) is 5.10 Å². The average molecular weight is 373 g/mol. The minimum Gasteiger partial charge on any atom is -0.350 e. The van der Waals surface area contributed by atoms with Gasteiger partial charge in [0.2, 0.25) is 5.91 Å². The third-order valence-corrected chi connectivity index (χ3v) is 4.83. The zero-order valence-electron chi connectivity index (χ0n) is 16.1. The van der Waals surface area contributed by atoms with E-state index in [2.05, 4.69) is 38.3 Å². The van der Waals surface area contributed by atoms with Gasteiger partial charge in [0.1, 0.15) is 5.82 Å². The van der Waals surface area contributed by atoms with Gasteiger partial charge in [-0.3, -0.25) is 9.78 Å². The number of nitrogens with zero attached hydrogens (tertiary/aromatic N) is 4. The van der Waals surface area contributed by atoms with Crippen molar-refractivity contribution in [3.63, 3.8) is 0 Å². The molecule has 1 N–H and O–H groups in total. The second-order valence-corrected chi connectivity index (χ2v) is 7.02. The molecule has 142 valence electrons. The van der Waals surface area contributed by atoms with Crippen molar-refractivity contribution in [3.8, 4) is 0 Å². The van der Waals surface area contributed by atoms with Crippen LogP contribution >= 0.6 is 0 Å². The largest absolute Gasteiger partial charge is 0.350 e. The van der Waals surface area contributed by atoms with E-state index in [4.69, 9.17) is 0 Å². The lowest BCUT2D eigenvalue weighted by Crippen LogP contribution is -2.16. The molecule has 6 heteroatoms. The molecule has 28 heavy (non-hydrogen) atoms. The third kappa shape index (κ3) is 3.81. The first-order valence-corrected chi connectivity index (χ1v) is 9.36. The van der Waals surface area contributed by atoms with Gasteiger partial charge in [0.15, 0.2) is 0 Å². The number of nitrogens with one attached hydrogen (secondary N) is 1. The summed E-state index contributed by atoms with van der Waals surface area (Å²) >= 11 is 0. The smallest absolute Gasteiger partial charge is 0.225 e. The number of aromatic nitrogens is 4. The molecule has 0 atom stereocenters. The Kier molecular flexibility index (Phi) is 4.93. The van der Waals surface area contributed by atoms with Gasteiger partial charge in [0.25, 0.3) is 0 Å². The normalized spacial score (nSPS) is 11.1. The van der Waals surface area contributed by atoms with Crippen LogP contribution in [-0.2, 0) is 24.8 Å². The lowest BCUT2D eigenvalue weighted by molar-refractivity contribution is -0.116. The summed E-state index contributed by atoms with van der Waals surface area (Å²) in [6, 6.07) is 14.1. The number of para-hydroxylation sites is 1. The molecule has 1 aromatic carbocycles. The number of rotatable bonds is 6. The Hall–Kier alpha value is -3.41. The molecule has 0 spiro atoms. The molecule has 0 fully saturated rings. The van der Waals surface area contributed by atoms with Gasteiger partial charge in [-0.15, -0.1) is 0 Å². The number of carbonyl (C=O) groups excluding carboxylic acids is 1. The molecule has 0 saturated carbocycles. The highest BCUT2D eigenvalue weighted by Crippen LogP contribution is 2.22. The van der Waals surface area contributed by atoms with Crippen molar-refractivity contribution in [2.45, 2.75) is 26.3 Å². The summed E-state index contributed by atoms with van der Waals surface area (Å²) in [5.74, 6) is 0.699. The van der Waals surface area contributed by atoms with Gasteiger partial charge >= 0.3 is 0 Å². The number of fused-ring (bicyclic) bond motifs is 1. The minimum absolute atomic E-state index is 0.0136. The molecule has 1 amide bonds. The fraction of sp³-hybridized carbons (Fsp3) is 0.227. The molecule has 0 radical (unpaired) electrons. The van der Waals surface area contributed by atoms with E-state index in [1.165, 1.54) is 16.5 Å². The van der Waals surface area contributed by atoms with Gasteiger partial charge in [0, 0.05) is 49.0 Å². The van der Waals surface area contributed by atoms with Gasteiger partial charge in [0.05, 0.1) is 12.2 Å². The Labute approximate surface area is 163 Å². The highest BCUT2D eigenvalue weighted by molar-refractivity contribution is 5.91. The Bertz CT molecular complexity index is 1110. The van der Waals surface area contributed by atoms with Gasteiger partial charge in [-0.25, -0.2) is 4.68 Å². The lowest BCUT2D eigenvalue weighted by Gasteiger charge is -2.09. The SMILES string of the molecule is Cc1cc(NC(=O)CCc2cn(C)c3ccccc23)n(Cc2cccnc2)n1. The van der Waals surface area contributed by atoms with Gasteiger partial charge < -0.3 is 9.88 Å². The molecule has 0 unspecified atom stereocenters. The molecular weight excluding hydrogens is 350 g/mol. The van der Waals surface area contributed by atoms with Crippen LogP contribution in [0.5, 0.6) is 0 Å².